The molecule has 11 rings (SSSR count). The van der Waals surface area contributed by atoms with Crippen LogP contribution in [0, 0.1) is 0 Å². The van der Waals surface area contributed by atoms with E-state index in [0.29, 0.717) is 5.82 Å². The lowest BCUT2D eigenvalue weighted by molar-refractivity contribution is 0.661. The van der Waals surface area contributed by atoms with Gasteiger partial charge < -0.3 is 4.42 Å². The number of fused-ring (bicyclic) bond motifs is 7. The van der Waals surface area contributed by atoms with Crippen molar-refractivity contribution < 1.29 is 4.42 Å². The van der Waals surface area contributed by atoms with Crippen molar-refractivity contribution in [1.82, 2.24) is 9.97 Å². The summed E-state index contributed by atoms with van der Waals surface area (Å²) in [5.41, 5.74) is 16.1. The lowest BCUT2D eigenvalue weighted by Crippen LogP contribution is -2.14. The van der Waals surface area contributed by atoms with Crippen LogP contribution in [-0.2, 0) is 5.41 Å². The van der Waals surface area contributed by atoms with Gasteiger partial charge in [-0.25, -0.2) is 9.97 Å². The van der Waals surface area contributed by atoms with E-state index >= 15 is 0 Å². The van der Waals surface area contributed by atoms with Crippen molar-refractivity contribution in [3.63, 3.8) is 0 Å². The molecule has 56 heavy (non-hydrogen) atoms. The van der Waals surface area contributed by atoms with Gasteiger partial charge in [-0.15, -0.1) is 0 Å². The molecule has 0 aliphatic heterocycles. The van der Waals surface area contributed by atoms with Crippen LogP contribution in [-0.4, -0.2) is 9.97 Å². The summed E-state index contributed by atoms with van der Waals surface area (Å²) >= 11 is 0. The minimum absolute atomic E-state index is 0.165. The molecule has 2 heterocycles. The average Bonchev–Trinajstić information content (AvgIpc) is 3.74. The highest BCUT2D eigenvalue weighted by Crippen LogP contribution is 2.53. The summed E-state index contributed by atoms with van der Waals surface area (Å²) in [4.78, 5) is 10.7. The van der Waals surface area contributed by atoms with E-state index in [4.69, 9.17) is 14.4 Å². The van der Waals surface area contributed by atoms with Gasteiger partial charge in [0.15, 0.2) is 5.82 Å². The third kappa shape index (κ3) is 5.05. The van der Waals surface area contributed by atoms with E-state index < -0.39 is 0 Å². The summed E-state index contributed by atoms with van der Waals surface area (Å²) in [6, 6.07) is 64.7. The van der Waals surface area contributed by atoms with Crippen LogP contribution in [0.25, 0.3) is 100.0 Å². The van der Waals surface area contributed by atoms with Crippen LogP contribution in [0.2, 0.25) is 0 Å². The Morgan fingerprint density at radius 1 is 0.411 bits per heavy atom. The molecule has 0 fully saturated rings. The maximum absolute atomic E-state index is 6.55. The predicted octanol–water partition coefficient (Wildman–Crippen LogP) is 14.2. The largest absolute Gasteiger partial charge is 0.455 e. The number of furan rings is 1. The van der Waals surface area contributed by atoms with Gasteiger partial charge in [-0.1, -0.05) is 159 Å². The number of hydrogen-bond acceptors (Lipinski definition) is 3. The SMILES string of the molecule is CC1(C)c2cc3ccccc3cc2-c2c(-c3cc(-c4ccccc4-c4cc(-c5ccccc5)c5oc6ccccc6c5c4)nc(-c4ccccc4)n3)cccc21. The standard InChI is InChI=1S/C53H36N2O/c1-53(2)45-26-15-25-41(50(45)44-28-35-20-9-10-21-36(35)31-46(44)53)48-32-47(54-52(55-48)34-18-7-4-8-19-34)39-23-12-11-22-38(39)37-29-42(33-16-5-3-6-17-33)51-43(30-37)40-24-13-14-27-49(40)56-51/h3-32H,1-2H3. The fourth-order valence-electron chi connectivity index (χ4n) is 8.90. The molecule has 0 radical (unpaired) electrons. The van der Waals surface area contributed by atoms with Crippen LogP contribution in [0.4, 0.5) is 0 Å². The van der Waals surface area contributed by atoms with Crippen LogP contribution in [0.5, 0.6) is 0 Å². The van der Waals surface area contributed by atoms with Crippen molar-refractivity contribution in [3.8, 4) is 67.3 Å². The Hall–Kier alpha value is -7.10. The van der Waals surface area contributed by atoms with Crippen molar-refractivity contribution in [2.45, 2.75) is 19.3 Å². The Labute approximate surface area is 325 Å². The molecule has 264 valence electrons. The van der Waals surface area contributed by atoms with Crippen molar-refractivity contribution in [1.29, 1.82) is 0 Å². The Morgan fingerprint density at radius 2 is 1.04 bits per heavy atom. The van der Waals surface area contributed by atoms with Gasteiger partial charge >= 0.3 is 0 Å². The summed E-state index contributed by atoms with van der Waals surface area (Å²) in [7, 11) is 0. The van der Waals surface area contributed by atoms with Gasteiger partial charge in [-0.3, -0.25) is 0 Å². The topological polar surface area (TPSA) is 38.9 Å². The van der Waals surface area contributed by atoms with E-state index in [1.54, 1.807) is 0 Å². The summed E-state index contributed by atoms with van der Waals surface area (Å²) in [5.74, 6) is 0.697. The predicted molar refractivity (Wildman–Crippen MR) is 232 cm³/mol. The lowest BCUT2D eigenvalue weighted by Gasteiger charge is -2.22. The molecule has 0 spiro atoms. The molecule has 1 aliphatic rings. The third-order valence-corrected chi connectivity index (χ3v) is 11.7. The molecule has 0 unspecified atom stereocenters. The van der Waals surface area contributed by atoms with E-state index in [9.17, 15) is 0 Å². The quantitative estimate of drug-likeness (QED) is 0.178. The molecule has 1 aliphatic carbocycles. The highest BCUT2D eigenvalue weighted by Gasteiger charge is 2.37. The van der Waals surface area contributed by atoms with Gasteiger partial charge in [0, 0.05) is 38.4 Å². The molecule has 10 aromatic rings. The molecular formula is C53H36N2O. The Balaban J connectivity index is 1.16. The maximum atomic E-state index is 6.55. The lowest BCUT2D eigenvalue weighted by atomic mass is 9.81. The fraction of sp³-hybridized carbons (Fsp3) is 0.0566. The Morgan fingerprint density at radius 3 is 1.82 bits per heavy atom. The molecule has 0 N–H and O–H groups in total. The number of hydrogen-bond donors (Lipinski definition) is 0. The summed E-state index contributed by atoms with van der Waals surface area (Å²) in [6.07, 6.45) is 0. The minimum Gasteiger partial charge on any atom is -0.455 e. The first-order chi connectivity index (χ1) is 27.5. The van der Waals surface area contributed by atoms with Crippen LogP contribution < -0.4 is 0 Å². The molecule has 0 saturated heterocycles. The second kappa shape index (κ2) is 12.5. The summed E-state index contributed by atoms with van der Waals surface area (Å²) in [6.45, 7) is 4.69. The van der Waals surface area contributed by atoms with Gasteiger partial charge in [-0.2, -0.15) is 0 Å². The van der Waals surface area contributed by atoms with Gasteiger partial charge in [0.1, 0.15) is 11.2 Å². The molecule has 3 heteroatoms. The van der Waals surface area contributed by atoms with Gasteiger partial charge in [0.2, 0.25) is 0 Å². The highest BCUT2D eigenvalue weighted by molar-refractivity contribution is 6.12. The van der Waals surface area contributed by atoms with E-state index in [-0.39, 0.29) is 5.41 Å². The Bertz CT molecular complexity index is 3160. The first-order valence-corrected chi connectivity index (χ1v) is 19.2. The Kier molecular flexibility index (Phi) is 7.20. The number of nitrogens with zero attached hydrogens (tertiary/aromatic N) is 2. The van der Waals surface area contributed by atoms with Crippen LogP contribution in [0.1, 0.15) is 25.0 Å². The molecule has 0 bridgehead atoms. The van der Waals surface area contributed by atoms with Crippen LogP contribution >= 0.6 is 0 Å². The van der Waals surface area contributed by atoms with E-state index in [1.807, 2.05) is 18.2 Å². The van der Waals surface area contributed by atoms with Gasteiger partial charge in [0.05, 0.1) is 11.4 Å². The third-order valence-electron chi connectivity index (χ3n) is 11.7. The molecule has 0 saturated carbocycles. The zero-order chi connectivity index (χ0) is 37.4. The van der Waals surface area contributed by atoms with Crippen molar-refractivity contribution >= 4 is 32.7 Å². The van der Waals surface area contributed by atoms with Crippen molar-refractivity contribution in [2.75, 3.05) is 0 Å². The van der Waals surface area contributed by atoms with Crippen LogP contribution in [0.3, 0.4) is 0 Å². The van der Waals surface area contributed by atoms with Crippen molar-refractivity contribution in [3.05, 3.63) is 193 Å². The zero-order valence-corrected chi connectivity index (χ0v) is 31.1. The number of benzene rings is 8. The van der Waals surface area contributed by atoms with Crippen LogP contribution in [0.15, 0.2) is 186 Å². The van der Waals surface area contributed by atoms with E-state index in [0.717, 1.165) is 72.3 Å². The first kappa shape index (κ1) is 32.3. The zero-order valence-electron chi connectivity index (χ0n) is 31.1. The van der Waals surface area contributed by atoms with Gasteiger partial charge in [-0.05, 0) is 86.1 Å². The number of para-hydroxylation sites is 1. The van der Waals surface area contributed by atoms with E-state index in [2.05, 4.69) is 178 Å². The van der Waals surface area contributed by atoms with Crippen molar-refractivity contribution in [2.24, 2.45) is 0 Å². The molecule has 3 nitrogen and oxygen atoms in total. The second-order valence-corrected chi connectivity index (χ2v) is 15.3. The molecule has 2 aromatic heterocycles. The highest BCUT2D eigenvalue weighted by atomic mass is 16.3. The molecule has 8 aromatic carbocycles. The fourth-order valence-corrected chi connectivity index (χ4v) is 8.90. The first-order valence-electron chi connectivity index (χ1n) is 19.2. The smallest absolute Gasteiger partial charge is 0.160 e. The molecule has 0 atom stereocenters. The summed E-state index contributed by atoms with van der Waals surface area (Å²) < 4.78 is 6.55. The summed E-state index contributed by atoms with van der Waals surface area (Å²) in [5, 5.41) is 4.69. The molecule has 0 amide bonds. The average molecular weight is 717 g/mol. The minimum atomic E-state index is -0.165. The normalized spacial score (nSPS) is 13.0. The number of aromatic nitrogens is 2. The number of rotatable bonds is 5. The monoisotopic (exact) mass is 716 g/mol. The maximum Gasteiger partial charge on any atom is 0.160 e. The second-order valence-electron chi connectivity index (χ2n) is 15.3. The van der Waals surface area contributed by atoms with Gasteiger partial charge in [0.25, 0.3) is 0 Å². The molecular weight excluding hydrogens is 681 g/mol. The van der Waals surface area contributed by atoms with E-state index in [1.165, 1.54) is 33.0 Å².